The Balaban J connectivity index is 2.16. The molecule has 0 spiro atoms. The van der Waals surface area contributed by atoms with E-state index in [9.17, 15) is 43.9 Å². The van der Waals surface area contributed by atoms with Crippen LogP contribution < -0.4 is 10.7 Å². The quantitative estimate of drug-likeness (QED) is 0.151. The van der Waals surface area contributed by atoms with Gasteiger partial charge in [-0.3, -0.25) is 0 Å². The molecule has 0 aliphatic carbocycles. The van der Waals surface area contributed by atoms with Crippen LogP contribution in [0.3, 0.4) is 0 Å². The molecular formula is C25H6F10N4. The molecule has 0 fully saturated rings. The van der Waals surface area contributed by atoms with E-state index in [4.69, 9.17) is 10.5 Å². The Kier molecular flexibility index (Phi) is 5.41. The molecule has 0 aromatic heterocycles. The molecule has 5 aromatic carbocycles. The van der Waals surface area contributed by atoms with Crippen LogP contribution in [-0.2, 0) is 18.5 Å². The molecule has 5 rings (SSSR count). The van der Waals surface area contributed by atoms with E-state index in [0.29, 0.717) is 12.1 Å². The van der Waals surface area contributed by atoms with E-state index in [1.165, 1.54) is 12.4 Å². The van der Waals surface area contributed by atoms with E-state index in [-0.39, 0.29) is 28.3 Å². The zero-order valence-corrected chi connectivity index (χ0v) is 18.5. The van der Waals surface area contributed by atoms with Gasteiger partial charge < -0.3 is 0 Å². The molecule has 0 amide bonds. The standard InChI is InChI=1S/C25H6F10N4/c26-10-3-16-20(18(4-10)25(33,34)35)12-6-13-11(5-14(12)22(16)39-8-37)19-15(21(13)38-7-36)1-9(23(27,28)29)2-17(19)24(30,31)32/h1-6H. The molecule has 0 aliphatic rings. The van der Waals surface area contributed by atoms with Gasteiger partial charge in [0.25, 0.3) is 0 Å². The van der Waals surface area contributed by atoms with Gasteiger partial charge in [-0.2, -0.15) is 60.0 Å². The minimum Gasteiger partial charge on any atom is -0.207 e. The molecule has 14 heteroatoms. The number of hydrogen-bond donors (Lipinski definition) is 0. The van der Waals surface area contributed by atoms with Gasteiger partial charge in [-0.1, -0.05) is 0 Å². The number of fused-ring (bicyclic) bond motifs is 6. The number of nitriles is 2. The fourth-order valence-corrected chi connectivity index (χ4v) is 4.85. The molecule has 0 atom stereocenters. The van der Waals surface area contributed by atoms with Crippen LogP contribution in [-0.4, -0.2) is 0 Å². The smallest absolute Gasteiger partial charge is 0.207 e. The van der Waals surface area contributed by atoms with E-state index in [2.05, 4.69) is 9.98 Å². The average Bonchev–Trinajstić information content (AvgIpc) is 3.27. The van der Waals surface area contributed by atoms with E-state index >= 15 is 0 Å². The zero-order valence-electron chi connectivity index (χ0n) is 18.5. The highest BCUT2D eigenvalue weighted by Crippen LogP contribution is 2.44. The van der Waals surface area contributed by atoms with Gasteiger partial charge in [0.1, 0.15) is 5.82 Å². The highest BCUT2D eigenvalue weighted by molar-refractivity contribution is 6.22. The van der Waals surface area contributed by atoms with Crippen LogP contribution >= 0.6 is 0 Å². The Morgan fingerprint density at radius 3 is 1.36 bits per heavy atom. The van der Waals surface area contributed by atoms with Crippen molar-refractivity contribution in [2.24, 2.45) is 9.98 Å². The molecule has 0 heterocycles. The second-order valence-corrected chi connectivity index (χ2v) is 8.38. The van der Waals surface area contributed by atoms with Gasteiger partial charge in [-0.05, 0) is 47.2 Å². The van der Waals surface area contributed by atoms with Crippen molar-refractivity contribution in [2.45, 2.75) is 18.5 Å². The van der Waals surface area contributed by atoms with E-state index in [1.54, 1.807) is 0 Å². The van der Waals surface area contributed by atoms with Crippen molar-refractivity contribution in [1.29, 1.82) is 10.5 Å². The van der Waals surface area contributed by atoms with Crippen LogP contribution in [0.15, 0.2) is 46.4 Å². The Bertz CT molecular complexity index is 2060. The minimum atomic E-state index is -5.33. The summed E-state index contributed by atoms with van der Waals surface area (Å²) in [6.07, 6.45) is -13.0. The summed E-state index contributed by atoms with van der Waals surface area (Å²) in [6, 6.07) is 2.92. The zero-order chi connectivity index (χ0) is 28.7. The Hall–Kier alpha value is -4.72. The van der Waals surface area contributed by atoms with Crippen LogP contribution in [0.25, 0.3) is 43.1 Å². The molecule has 0 radical (unpaired) electrons. The first-order valence-electron chi connectivity index (χ1n) is 10.4. The maximum atomic E-state index is 14.2. The molecule has 0 N–H and O–H groups in total. The summed E-state index contributed by atoms with van der Waals surface area (Å²) < 4.78 is 138. The van der Waals surface area contributed by atoms with E-state index < -0.39 is 78.7 Å². The fraction of sp³-hybridized carbons (Fsp3) is 0.120. The van der Waals surface area contributed by atoms with Crippen molar-refractivity contribution in [3.63, 3.8) is 0 Å². The first-order chi connectivity index (χ1) is 18.1. The highest BCUT2D eigenvalue weighted by Gasteiger charge is 2.40. The van der Waals surface area contributed by atoms with Crippen molar-refractivity contribution in [3.8, 4) is 12.4 Å². The molecule has 39 heavy (non-hydrogen) atoms. The predicted octanol–water partition coefficient (Wildman–Crippen LogP) is 7.13. The van der Waals surface area contributed by atoms with Crippen molar-refractivity contribution in [3.05, 3.63) is 69.6 Å². The lowest BCUT2D eigenvalue weighted by Crippen LogP contribution is -2.12. The summed E-state index contributed by atoms with van der Waals surface area (Å²) in [5, 5.41) is 13.1. The first-order valence-corrected chi connectivity index (χ1v) is 10.4. The van der Waals surface area contributed by atoms with Gasteiger partial charge in [-0.25, -0.2) is 4.39 Å². The minimum absolute atomic E-state index is 0.124. The maximum absolute atomic E-state index is 14.2. The number of hydrogen-bond acceptors (Lipinski definition) is 4. The van der Waals surface area contributed by atoms with Crippen molar-refractivity contribution < 1.29 is 43.9 Å². The molecule has 196 valence electrons. The maximum Gasteiger partial charge on any atom is 0.417 e. The van der Waals surface area contributed by atoms with Gasteiger partial charge in [0.15, 0.2) is 0 Å². The number of benzene rings is 3. The van der Waals surface area contributed by atoms with Crippen LogP contribution in [0.2, 0.25) is 0 Å². The van der Waals surface area contributed by atoms with Crippen LogP contribution in [0, 0.1) is 28.7 Å². The summed E-state index contributed by atoms with van der Waals surface area (Å²) in [5.74, 6) is -1.33. The Morgan fingerprint density at radius 2 is 0.949 bits per heavy atom. The molecule has 5 aromatic rings. The average molecular weight is 552 g/mol. The van der Waals surface area contributed by atoms with Crippen molar-refractivity contribution >= 4 is 43.1 Å². The first kappa shape index (κ1) is 25.9. The lowest BCUT2D eigenvalue weighted by molar-refractivity contribution is -0.142. The number of halogens is 10. The fourth-order valence-electron chi connectivity index (χ4n) is 4.85. The monoisotopic (exact) mass is 552 g/mol. The van der Waals surface area contributed by atoms with Gasteiger partial charge >= 0.3 is 18.5 Å². The molecule has 0 aliphatic heterocycles. The number of alkyl halides is 9. The van der Waals surface area contributed by atoms with Gasteiger partial charge in [-0.15, -0.1) is 0 Å². The summed E-state index contributed by atoms with van der Waals surface area (Å²) >= 11 is 0. The van der Waals surface area contributed by atoms with Gasteiger partial charge in [0.05, 0.1) is 27.4 Å². The number of rotatable bonds is 0. The molecule has 0 unspecified atom stereocenters. The third-order valence-electron chi connectivity index (χ3n) is 6.22. The molecule has 4 nitrogen and oxygen atoms in total. The largest absolute Gasteiger partial charge is 0.417 e. The van der Waals surface area contributed by atoms with Gasteiger partial charge in [0.2, 0.25) is 12.4 Å². The van der Waals surface area contributed by atoms with Crippen molar-refractivity contribution in [2.75, 3.05) is 0 Å². The lowest BCUT2D eigenvalue weighted by Gasteiger charge is -2.13. The summed E-state index contributed by atoms with van der Waals surface area (Å²) in [6.45, 7) is 0. The summed E-state index contributed by atoms with van der Waals surface area (Å²) in [4.78, 5) is 6.86. The van der Waals surface area contributed by atoms with Crippen molar-refractivity contribution in [1.82, 2.24) is 0 Å². The Morgan fingerprint density at radius 1 is 0.513 bits per heavy atom. The third-order valence-corrected chi connectivity index (χ3v) is 6.22. The van der Waals surface area contributed by atoms with E-state index in [0.717, 1.165) is 12.1 Å². The summed E-state index contributed by atoms with van der Waals surface area (Å²) in [7, 11) is 0. The van der Waals surface area contributed by atoms with Crippen LogP contribution in [0.1, 0.15) is 16.7 Å². The topological polar surface area (TPSA) is 72.3 Å². The SMILES string of the molecule is N#CN=c1c2cc3c(cc2c2c(C(F)(F)F)cc(F)cc12)c(=NC#N)c1cc(C(F)(F)F)cc(C(F)(F)F)c13. The summed E-state index contributed by atoms with van der Waals surface area (Å²) in [5.41, 5.74) is -4.90. The Labute approximate surface area is 208 Å². The third kappa shape index (κ3) is 3.91. The van der Waals surface area contributed by atoms with Crippen LogP contribution in [0.4, 0.5) is 43.9 Å². The second kappa shape index (κ2) is 8.14. The lowest BCUT2D eigenvalue weighted by atomic mass is 10.0. The highest BCUT2D eigenvalue weighted by atomic mass is 19.4. The number of nitrogens with zero attached hydrogens (tertiary/aromatic N) is 4. The predicted molar refractivity (Wildman–Crippen MR) is 116 cm³/mol. The molecule has 0 bridgehead atoms. The normalized spacial score (nSPS) is 14.2. The van der Waals surface area contributed by atoms with Gasteiger partial charge in [0, 0.05) is 32.3 Å². The van der Waals surface area contributed by atoms with E-state index in [1.807, 2.05) is 0 Å². The molecule has 0 saturated heterocycles. The second-order valence-electron chi connectivity index (χ2n) is 8.38. The molecule has 0 saturated carbocycles. The van der Waals surface area contributed by atoms with Crippen LogP contribution in [0.5, 0.6) is 0 Å². The molecular weight excluding hydrogens is 546 g/mol.